The van der Waals surface area contributed by atoms with E-state index in [1.807, 2.05) is 19.1 Å². The van der Waals surface area contributed by atoms with Gasteiger partial charge in [-0.25, -0.2) is 0 Å². The van der Waals surface area contributed by atoms with Crippen molar-refractivity contribution in [3.05, 3.63) is 24.2 Å². The fourth-order valence-corrected chi connectivity index (χ4v) is 6.09. The normalized spacial score (nSPS) is 37.2. The largest absolute Gasteiger partial charge is 0.468 e. The number of furan rings is 1. The molecule has 3 nitrogen and oxygen atoms in total. The Kier molecular flexibility index (Phi) is 3.75. The van der Waals surface area contributed by atoms with E-state index in [0.29, 0.717) is 0 Å². The van der Waals surface area contributed by atoms with Crippen molar-refractivity contribution in [1.82, 2.24) is 5.32 Å². The molecule has 1 heterocycles. The van der Waals surface area contributed by atoms with E-state index >= 15 is 0 Å². The maximum absolute atomic E-state index is 12.6. The Morgan fingerprint density at radius 1 is 1.32 bits per heavy atom. The third kappa shape index (κ3) is 2.82. The Morgan fingerprint density at radius 2 is 1.95 bits per heavy atom. The Hall–Kier alpha value is -0.900. The molecule has 0 spiro atoms. The van der Waals surface area contributed by atoms with Gasteiger partial charge in [0.15, 0.2) is 0 Å². The minimum Gasteiger partial charge on any atom is -0.468 e. The van der Waals surface area contributed by atoms with E-state index in [1.165, 1.54) is 38.5 Å². The summed E-state index contributed by atoms with van der Waals surface area (Å²) in [7, 11) is 0. The Bertz CT molecular complexity index is 504. The summed E-state index contributed by atoms with van der Waals surface area (Å²) in [6, 6.07) is 3.87. The average Bonchev–Trinajstić information content (AvgIpc) is 2.95. The quantitative estimate of drug-likeness (QED) is 0.892. The molecule has 4 fully saturated rings. The highest BCUT2D eigenvalue weighted by Gasteiger charge is 2.51. The summed E-state index contributed by atoms with van der Waals surface area (Å²) in [5.74, 6) is 4.55. The molecule has 1 aromatic rings. The molecule has 5 rings (SSSR count). The highest BCUT2D eigenvalue weighted by molar-refractivity contribution is 7.99. The topological polar surface area (TPSA) is 42.2 Å². The van der Waals surface area contributed by atoms with Crippen LogP contribution in [0.5, 0.6) is 0 Å². The number of amides is 1. The van der Waals surface area contributed by atoms with Gasteiger partial charge in [-0.15, -0.1) is 11.8 Å². The van der Waals surface area contributed by atoms with Crippen LogP contribution in [0.2, 0.25) is 0 Å². The zero-order valence-electron chi connectivity index (χ0n) is 13.2. The Labute approximate surface area is 136 Å². The van der Waals surface area contributed by atoms with Gasteiger partial charge in [-0.1, -0.05) is 0 Å². The lowest BCUT2D eigenvalue weighted by Crippen LogP contribution is -2.60. The molecule has 22 heavy (non-hydrogen) atoms. The molecular formula is C18H25NO2S. The van der Waals surface area contributed by atoms with Crippen molar-refractivity contribution in [1.29, 1.82) is 0 Å². The van der Waals surface area contributed by atoms with Crippen LogP contribution in [0.3, 0.4) is 0 Å². The molecule has 1 atom stereocenters. The van der Waals surface area contributed by atoms with Gasteiger partial charge in [0.25, 0.3) is 0 Å². The Balaban J connectivity index is 1.35. The maximum Gasteiger partial charge on any atom is 0.233 e. The smallest absolute Gasteiger partial charge is 0.233 e. The molecule has 4 heteroatoms. The molecule has 0 saturated heterocycles. The molecule has 0 radical (unpaired) electrons. The minimum atomic E-state index is -0.0156. The molecular weight excluding hydrogens is 294 g/mol. The van der Waals surface area contributed by atoms with Crippen LogP contribution in [0.15, 0.2) is 22.8 Å². The second-order valence-electron chi connectivity index (χ2n) is 7.72. The third-order valence-corrected chi connectivity index (χ3v) is 7.02. The van der Waals surface area contributed by atoms with Gasteiger partial charge in [0.1, 0.15) is 5.76 Å². The van der Waals surface area contributed by atoms with Crippen molar-refractivity contribution < 1.29 is 9.21 Å². The Morgan fingerprint density at radius 3 is 2.50 bits per heavy atom. The van der Waals surface area contributed by atoms with E-state index in [4.69, 9.17) is 4.42 Å². The molecule has 120 valence electrons. The van der Waals surface area contributed by atoms with Gasteiger partial charge < -0.3 is 9.73 Å². The van der Waals surface area contributed by atoms with E-state index in [9.17, 15) is 4.79 Å². The standard InChI is InChI=1S/C18H25NO2S/c1-12(22-11-16-3-2-4-21-16)17(20)19-18-8-13-5-14(9-18)7-15(6-13)10-18/h2-4,12-15H,5-11H2,1H3,(H,19,20). The zero-order chi connectivity index (χ0) is 15.2. The van der Waals surface area contributed by atoms with Crippen molar-refractivity contribution >= 4 is 17.7 Å². The molecule has 1 unspecified atom stereocenters. The molecule has 0 aromatic carbocycles. The number of carbonyl (C=O) groups excluding carboxylic acids is 1. The number of thioether (sulfide) groups is 1. The van der Waals surface area contributed by atoms with Crippen LogP contribution in [0, 0.1) is 17.8 Å². The summed E-state index contributed by atoms with van der Waals surface area (Å²) >= 11 is 1.67. The number of carbonyl (C=O) groups is 1. The fraction of sp³-hybridized carbons (Fsp3) is 0.722. The maximum atomic E-state index is 12.6. The third-order valence-electron chi connectivity index (χ3n) is 5.85. The molecule has 1 aromatic heterocycles. The summed E-state index contributed by atoms with van der Waals surface area (Å²) in [6.45, 7) is 2.02. The van der Waals surface area contributed by atoms with Gasteiger partial charge in [0.05, 0.1) is 17.3 Å². The van der Waals surface area contributed by atoms with Crippen LogP contribution < -0.4 is 5.32 Å². The number of rotatable bonds is 5. The molecule has 4 bridgehead atoms. The van der Waals surface area contributed by atoms with Crippen molar-refractivity contribution in [3.63, 3.8) is 0 Å². The van der Waals surface area contributed by atoms with Gasteiger partial charge in [-0.2, -0.15) is 0 Å². The average molecular weight is 319 g/mol. The van der Waals surface area contributed by atoms with Gasteiger partial charge in [-0.3, -0.25) is 4.79 Å². The number of nitrogens with one attached hydrogen (secondary N) is 1. The van der Waals surface area contributed by atoms with E-state index in [-0.39, 0.29) is 16.7 Å². The first-order valence-electron chi connectivity index (χ1n) is 8.58. The predicted molar refractivity (Wildman–Crippen MR) is 88.5 cm³/mol. The first-order chi connectivity index (χ1) is 10.6. The summed E-state index contributed by atoms with van der Waals surface area (Å²) in [6.07, 6.45) is 9.60. The second kappa shape index (κ2) is 5.63. The van der Waals surface area contributed by atoms with Crippen LogP contribution in [0.4, 0.5) is 0 Å². The van der Waals surface area contributed by atoms with Crippen molar-refractivity contribution in [2.24, 2.45) is 17.8 Å². The van der Waals surface area contributed by atoms with E-state index in [0.717, 1.165) is 29.3 Å². The zero-order valence-corrected chi connectivity index (χ0v) is 14.0. The van der Waals surface area contributed by atoms with Crippen LogP contribution in [0.1, 0.15) is 51.2 Å². The predicted octanol–water partition coefficient (Wildman–Crippen LogP) is 3.99. The van der Waals surface area contributed by atoms with Crippen LogP contribution in [0.25, 0.3) is 0 Å². The van der Waals surface area contributed by atoms with Crippen LogP contribution in [-0.2, 0) is 10.5 Å². The highest BCUT2D eigenvalue weighted by atomic mass is 32.2. The molecule has 1 amide bonds. The molecule has 1 N–H and O–H groups in total. The fourth-order valence-electron chi connectivity index (χ4n) is 5.30. The van der Waals surface area contributed by atoms with E-state index in [1.54, 1.807) is 18.0 Å². The molecule has 4 saturated carbocycles. The van der Waals surface area contributed by atoms with E-state index in [2.05, 4.69) is 5.32 Å². The van der Waals surface area contributed by atoms with Gasteiger partial charge in [0.2, 0.25) is 5.91 Å². The summed E-state index contributed by atoms with van der Waals surface area (Å²) in [5, 5.41) is 3.45. The lowest BCUT2D eigenvalue weighted by Gasteiger charge is -2.57. The number of hydrogen-bond donors (Lipinski definition) is 1. The summed E-state index contributed by atoms with van der Waals surface area (Å²) in [4.78, 5) is 12.6. The van der Waals surface area contributed by atoms with E-state index < -0.39 is 0 Å². The lowest BCUT2D eigenvalue weighted by molar-refractivity contribution is -0.126. The molecule has 4 aliphatic rings. The SMILES string of the molecule is CC(SCc1ccco1)C(=O)NC12CC3CC(CC(C3)C1)C2. The highest BCUT2D eigenvalue weighted by Crippen LogP contribution is 2.55. The first kappa shape index (κ1) is 14.7. The van der Waals surface area contributed by atoms with Crippen molar-refractivity contribution in [2.75, 3.05) is 0 Å². The van der Waals surface area contributed by atoms with Crippen molar-refractivity contribution in [2.45, 2.75) is 62.0 Å². The first-order valence-corrected chi connectivity index (χ1v) is 9.63. The molecule has 4 aliphatic carbocycles. The van der Waals surface area contributed by atoms with Crippen LogP contribution >= 0.6 is 11.8 Å². The monoisotopic (exact) mass is 319 g/mol. The van der Waals surface area contributed by atoms with Crippen molar-refractivity contribution in [3.8, 4) is 0 Å². The van der Waals surface area contributed by atoms with Gasteiger partial charge in [0, 0.05) is 5.54 Å². The summed E-state index contributed by atoms with van der Waals surface area (Å²) in [5.41, 5.74) is 0.130. The lowest BCUT2D eigenvalue weighted by atomic mass is 9.53. The van der Waals surface area contributed by atoms with Gasteiger partial charge in [-0.05, 0) is 75.3 Å². The van der Waals surface area contributed by atoms with Gasteiger partial charge >= 0.3 is 0 Å². The second-order valence-corrected chi connectivity index (χ2v) is 9.05. The summed E-state index contributed by atoms with van der Waals surface area (Å²) < 4.78 is 5.35. The molecule has 0 aliphatic heterocycles. The number of hydrogen-bond acceptors (Lipinski definition) is 3. The van der Waals surface area contributed by atoms with Crippen LogP contribution in [-0.4, -0.2) is 16.7 Å². The minimum absolute atomic E-state index is 0.0156.